The average molecular weight is 494 g/mol. The summed E-state index contributed by atoms with van der Waals surface area (Å²) in [6.45, 7) is 4.68. The summed E-state index contributed by atoms with van der Waals surface area (Å²) in [5.74, 6) is -0.271. The van der Waals surface area contributed by atoms with Crippen LogP contribution in [0.5, 0.6) is 0 Å². The Labute approximate surface area is 212 Å². The number of hydrogen-bond acceptors (Lipinski definition) is 5. The lowest BCUT2D eigenvalue weighted by molar-refractivity contribution is -0.0220. The zero-order valence-corrected chi connectivity index (χ0v) is 21.6. The molecule has 3 aromatic rings. The maximum Gasteiger partial charge on any atom is 0.409 e. The number of aryl methyl sites for hydroxylation is 1. The normalized spacial score (nSPS) is 19.3. The highest BCUT2D eigenvalue weighted by atomic mass is 16.5. The fourth-order valence-electron chi connectivity index (χ4n) is 5.03. The van der Waals surface area contributed by atoms with E-state index in [9.17, 15) is 14.7 Å². The Hall–Kier alpha value is -3.36. The lowest BCUT2D eigenvalue weighted by Gasteiger charge is -2.34. The summed E-state index contributed by atoms with van der Waals surface area (Å²) in [5, 5.41) is 11.1. The molecule has 0 radical (unpaired) electrons. The van der Waals surface area contributed by atoms with Gasteiger partial charge in [0.15, 0.2) is 0 Å². The van der Waals surface area contributed by atoms with Gasteiger partial charge in [0.05, 0.1) is 39.0 Å². The number of likely N-dealkylation sites (N-methyl/N-ethyl adjacent to an activating group) is 1. The zero-order valence-electron chi connectivity index (χ0n) is 21.6. The molecule has 0 aliphatic carbocycles. The van der Waals surface area contributed by atoms with Crippen LogP contribution in [0, 0.1) is 5.92 Å². The number of aliphatic hydroxyl groups is 1. The maximum atomic E-state index is 14.3. The summed E-state index contributed by atoms with van der Waals surface area (Å²) in [7, 11) is 4.93. The Morgan fingerprint density at radius 1 is 1.22 bits per heavy atom. The molecule has 0 saturated carbocycles. The number of ether oxygens (including phenoxy) is 2. The quantitative estimate of drug-likeness (QED) is 0.596. The summed E-state index contributed by atoms with van der Waals surface area (Å²) in [4.78, 5) is 29.6. The smallest absolute Gasteiger partial charge is 0.409 e. The van der Waals surface area contributed by atoms with E-state index in [1.165, 1.54) is 12.0 Å². The molecular weight excluding hydrogens is 458 g/mol. The minimum Gasteiger partial charge on any atom is -0.453 e. The predicted octanol–water partition coefficient (Wildman–Crippen LogP) is 3.90. The van der Waals surface area contributed by atoms with Crippen LogP contribution in [-0.4, -0.2) is 77.5 Å². The molecule has 0 bridgehead atoms. The molecule has 1 aliphatic heterocycles. The van der Waals surface area contributed by atoms with Gasteiger partial charge < -0.3 is 28.9 Å². The van der Waals surface area contributed by atoms with Crippen molar-refractivity contribution in [3.63, 3.8) is 0 Å². The number of rotatable bonds is 4. The van der Waals surface area contributed by atoms with Gasteiger partial charge in [0.2, 0.25) is 0 Å². The van der Waals surface area contributed by atoms with Crippen molar-refractivity contribution in [1.29, 1.82) is 0 Å². The molecule has 3 atom stereocenters. The van der Waals surface area contributed by atoms with Crippen LogP contribution in [0.1, 0.15) is 29.9 Å². The average Bonchev–Trinajstić information content (AvgIpc) is 3.19. The van der Waals surface area contributed by atoms with E-state index in [-0.39, 0.29) is 24.5 Å². The van der Waals surface area contributed by atoms with E-state index in [0.29, 0.717) is 25.4 Å². The van der Waals surface area contributed by atoms with Gasteiger partial charge in [-0.05, 0) is 24.1 Å². The summed E-state index contributed by atoms with van der Waals surface area (Å²) < 4.78 is 13.3. The van der Waals surface area contributed by atoms with Crippen LogP contribution in [0.25, 0.3) is 22.0 Å². The molecule has 2 aromatic carbocycles. The monoisotopic (exact) mass is 493 g/mol. The number of aromatic nitrogens is 1. The summed E-state index contributed by atoms with van der Waals surface area (Å²) >= 11 is 0. The summed E-state index contributed by atoms with van der Waals surface area (Å²) in [6, 6.07) is 15.6. The Bertz CT molecular complexity index is 1250. The minimum absolute atomic E-state index is 0.126. The van der Waals surface area contributed by atoms with Gasteiger partial charge in [-0.15, -0.1) is 0 Å². The van der Waals surface area contributed by atoms with Crippen LogP contribution in [0.2, 0.25) is 0 Å². The van der Waals surface area contributed by atoms with Crippen LogP contribution in [0.4, 0.5) is 4.79 Å². The maximum absolute atomic E-state index is 14.3. The van der Waals surface area contributed by atoms with Crippen molar-refractivity contribution in [1.82, 2.24) is 14.4 Å². The van der Waals surface area contributed by atoms with E-state index in [1.54, 1.807) is 11.9 Å². The van der Waals surface area contributed by atoms with Crippen LogP contribution in [0.15, 0.2) is 48.5 Å². The Morgan fingerprint density at radius 2 is 1.92 bits per heavy atom. The Kier molecular flexibility index (Phi) is 7.66. The summed E-state index contributed by atoms with van der Waals surface area (Å²) in [5.41, 5.74) is 4.31. The number of nitrogens with zero attached hydrogens (tertiary/aromatic N) is 3. The second-order valence-corrected chi connectivity index (χ2v) is 9.62. The molecule has 1 aliphatic rings. The number of methoxy groups -OCH3 is 1. The van der Waals surface area contributed by atoms with Gasteiger partial charge in [-0.3, -0.25) is 4.79 Å². The third kappa shape index (κ3) is 4.70. The van der Waals surface area contributed by atoms with Gasteiger partial charge >= 0.3 is 6.09 Å². The molecule has 192 valence electrons. The molecule has 2 heterocycles. The fourth-order valence-corrected chi connectivity index (χ4v) is 5.03. The molecule has 0 fully saturated rings. The Morgan fingerprint density at radius 3 is 2.64 bits per heavy atom. The molecule has 4 rings (SSSR count). The van der Waals surface area contributed by atoms with Crippen molar-refractivity contribution in [3.8, 4) is 11.1 Å². The first-order valence-electron chi connectivity index (χ1n) is 12.3. The Balaban J connectivity index is 1.90. The molecule has 36 heavy (non-hydrogen) atoms. The molecule has 8 heteroatoms. The van der Waals surface area contributed by atoms with E-state index in [1.807, 2.05) is 74.0 Å². The first-order valence-corrected chi connectivity index (χ1v) is 12.3. The molecular formula is C28H35N3O5. The number of benzene rings is 2. The van der Waals surface area contributed by atoms with Crippen LogP contribution in [-0.2, 0) is 23.1 Å². The van der Waals surface area contributed by atoms with Crippen molar-refractivity contribution in [3.05, 3.63) is 59.8 Å². The summed E-state index contributed by atoms with van der Waals surface area (Å²) in [6.07, 6.45) is -0.808. The topological polar surface area (TPSA) is 84.2 Å². The van der Waals surface area contributed by atoms with Crippen molar-refractivity contribution in [2.24, 2.45) is 13.0 Å². The van der Waals surface area contributed by atoms with Crippen LogP contribution in [0.3, 0.4) is 0 Å². The first kappa shape index (κ1) is 25.7. The third-order valence-electron chi connectivity index (χ3n) is 7.17. The van der Waals surface area contributed by atoms with E-state index in [0.717, 1.165) is 27.6 Å². The number of carbonyl (C=O) groups is 2. The van der Waals surface area contributed by atoms with E-state index >= 15 is 0 Å². The molecule has 2 amide bonds. The number of para-hydroxylation sites is 1. The van der Waals surface area contributed by atoms with E-state index in [2.05, 4.69) is 0 Å². The van der Waals surface area contributed by atoms with Crippen LogP contribution < -0.4 is 0 Å². The van der Waals surface area contributed by atoms with Gasteiger partial charge in [-0.1, -0.05) is 49.4 Å². The second-order valence-electron chi connectivity index (χ2n) is 9.62. The standard InChI is InChI=1S/C28H35N3O5/c1-18-14-31(19(2)16-32)27(33)26-25(22-12-8-9-13-23(22)30(26)4)21-11-7-6-10-20(21)17-36-24(18)15-29(3)28(34)35-5/h6-13,18-19,24,32H,14-17H2,1-5H3/t18-,19-,24-/m0/s1. The van der Waals surface area contributed by atoms with Crippen molar-refractivity contribution < 1.29 is 24.2 Å². The number of aliphatic hydroxyl groups excluding tert-OH is 1. The van der Waals surface area contributed by atoms with Crippen molar-refractivity contribution in [2.45, 2.75) is 32.6 Å². The van der Waals surface area contributed by atoms with E-state index < -0.39 is 12.1 Å². The SMILES string of the molecule is COC(=O)N(C)C[C@@H]1OCc2ccccc2-c2c(n(C)c3ccccc23)C(=O)N([C@@H](C)CO)C[C@@H]1C. The number of hydrogen-bond donors (Lipinski definition) is 1. The van der Waals surface area contributed by atoms with Gasteiger partial charge in [0, 0.05) is 43.0 Å². The third-order valence-corrected chi connectivity index (χ3v) is 7.17. The lowest BCUT2D eigenvalue weighted by atomic mass is 9.96. The highest BCUT2D eigenvalue weighted by Gasteiger charge is 2.33. The predicted molar refractivity (Wildman–Crippen MR) is 139 cm³/mol. The molecule has 1 aromatic heterocycles. The van der Waals surface area contributed by atoms with Crippen LogP contribution >= 0.6 is 0 Å². The highest BCUT2D eigenvalue weighted by Crippen LogP contribution is 2.38. The van der Waals surface area contributed by atoms with Crippen molar-refractivity contribution in [2.75, 3.05) is 33.9 Å². The number of fused-ring (bicyclic) bond motifs is 5. The van der Waals surface area contributed by atoms with E-state index in [4.69, 9.17) is 9.47 Å². The molecule has 1 N–H and O–H groups in total. The zero-order chi connectivity index (χ0) is 26.0. The molecule has 8 nitrogen and oxygen atoms in total. The first-order chi connectivity index (χ1) is 17.3. The van der Waals surface area contributed by atoms with Gasteiger partial charge in [-0.2, -0.15) is 0 Å². The van der Waals surface area contributed by atoms with Gasteiger partial charge in [0.25, 0.3) is 5.91 Å². The lowest BCUT2D eigenvalue weighted by Crippen LogP contribution is -2.48. The second kappa shape index (κ2) is 10.7. The molecule has 0 unspecified atom stereocenters. The number of carbonyl (C=O) groups excluding carboxylic acids is 2. The molecule has 0 saturated heterocycles. The molecule has 0 spiro atoms. The van der Waals surface area contributed by atoms with Gasteiger partial charge in [0.1, 0.15) is 5.69 Å². The number of amides is 2. The highest BCUT2D eigenvalue weighted by molar-refractivity contribution is 6.10. The van der Waals surface area contributed by atoms with Gasteiger partial charge in [-0.25, -0.2) is 4.79 Å². The minimum atomic E-state index is -0.448. The largest absolute Gasteiger partial charge is 0.453 e. The fraction of sp³-hybridized carbons (Fsp3) is 0.429. The van der Waals surface area contributed by atoms with Crippen molar-refractivity contribution >= 4 is 22.9 Å².